The number of hydrogen-bond acceptors (Lipinski definition) is 2. The van der Waals surface area contributed by atoms with Crippen molar-refractivity contribution in [2.24, 2.45) is 0 Å². The third kappa shape index (κ3) is 4.05. The molecule has 1 N–H and O–H groups in total. The van der Waals surface area contributed by atoms with E-state index in [0.717, 1.165) is 49.7 Å². The number of piperazine rings is 1. The quantitative estimate of drug-likeness (QED) is 0.803. The van der Waals surface area contributed by atoms with Gasteiger partial charge < -0.3 is 5.32 Å². The second kappa shape index (κ2) is 6.66. The molecule has 0 saturated carbocycles. The first kappa shape index (κ1) is 12.4. The predicted octanol–water partition coefficient (Wildman–Crippen LogP) is 1.79. The molecule has 0 unspecified atom stereocenters. The van der Waals surface area contributed by atoms with Crippen LogP contribution in [-0.2, 0) is 6.42 Å². The molecule has 17 heavy (non-hydrogen) atoms. The Kier molecular flexibility index (Phi) is 4.88. The van der Waals surface area contributed by atoms with Gasteiger partial charge in [0.2, 0.25) is 0 Å². The fourth-order valence-corrected chi connectivity index (χ4v) is 2.04. The molecule has 0 aliphatic carbocycles. The molecule has 0 atom stereocenters. The molecule has 1 saturated heterocycles. The molecule has 1 fully saturated rings. The van der Waals surface area contributed by atoms with E-state index in [1.165, 1.54) is 0 Å². The molecule has 0 spiro atoms. The number of nitrogens with zero attached hydrogens (tertiary/aromatic N) is 1. The highest BCUT2D eigenvalue weighted by atomic mass is 35.5. The lowest BCUT2D eigenvalue weighted by Gasteiger charge is -2.24. The van der Waals surface area contributed by atoms with Crippen LogP contribution >= 0.6 is 11.6 Å². The number of rotatable bonds is 2. The van der Waals surface area contributed by atoms with Crippen LogP contribution in [0.1, 0.15) is 5.56 Å². The van der Waals surface area contributed by atoms with E-state index in [2.05, 4.69) is 22.1 Å². The lowest BCUT2D eigenvalue weighted by atomic mass is 10.1. The van der Waals surface area contributed by atoms with E-state index in [1.807, 2.05) is 24.3 Å². The zero-order chi connectivity index (χ0) is 11.9. The molecule has 1 heterocycles. The van der Waals surface area contributed by atoms with Crippen LogP contribution in [0.2, 0.25) is 5.02 Å². The molecule has 0 aromatic heterocycles. The van der Waals surface area contributed by atoms with E-state index in [-0.39, 0.29) is 0 Å². The second-order valence-electron chi connectivity index (χ2n) is 4.15. The Bertz CT molecular complexity index is 414. The maximum atomic E-state index is 6.07. The maximum Gasteiger partial charge on any atom is 0.0602 e. The standard InChI is InChI=1S/C14H17ClN2/c15-14-7-2-1-5-13(14)6-3-4-10-17-11-8-16-9-12-17/h1-2,5,7,16H,6,8-12H2. The number of benzene rings is 1. The minimum absolute atomic E-state index is 0.742. The fourth-order valence-electron chi connectivity index (χ4n) is 1.84. The Morgan fingerprint density at radius 2 is 1.94 bits per heavy atom. The molecule has 1 aromatic rings. The van der Waals surface area contributed by atoms with Crippen molar-refractivity contribution in [3.8, 4) is 11.8 Å². The minimum atomic E-state index is 0.742. The third-order valence-electron chi connectivity index (χ3n) is 2.87. The first-order valence-corrected chi connectivity index (χ1v) is 6.36. The van der Waals surface area contributed by atoms with Gasteiger partial charge in [0.1, 0.15) is 0 Å². The Morgan fingerprint density at radius 3 is 2.71 bits per heavy atom. The van der Waals surface area contributed by atoms with Crippen molar-refractivity contribution in [2.45, 2.75) is 6.42 Å². The van der Waals surface area contributed by atoms with Crippen LogP contribution in [0.25, 0.3) is 0 Å². The molecule has 1 aromatic carbocycles. The summed E-state index contributed by atoms with van der Waals surface area (Å²) in [6.07, 6.45) is 0.742. The first-order chi connectivity index (χ1) is 8.36. The molecule has 2 nitrogen and oxygen atoms in total. The van der Waals surface area contributed by atoms with E-state index in [1.54, 1.807) is 0 Å². The van der Waals surface area contributed by atoms with Gasteiger partial charge in [0.15, 0.2) is 0 Å². The fraction of sp³-hybridized carbons (Fsp3) is 0.429. The topological polar surface area (TPSA) is 15.3 Å². The van der Waals surface area contributed by atoms with E-state index >= 15 is 0 Å². The van der Waals surface area contributed by atoms with Gasteiger partial charge in [0.05, 0.1) is 6.54 Å². The van der Waals surface area contributed by atoms with Crippen LogP contribution in [0.4, 0.5) is 0 Å². The summed E-state index contributed by atoms with van der Waals surface area (Å²) in [5.74, 6) is 6.41. The van der Waals surface area contributed by atoms with Crippen LogP contribution in [0.5, 0.6) is 0 Å². The SMILES string of the molecule is Clc1ccccc1CC#CCN1CCNCC1. The van der Waals surface area contributed by atoms with Crippen LogP contribution in [0.3, 0.4) is 0 Å². The smallest absolute Gasteiger partial charge is 0.0602 e. The van der Waals surface area contributed by atoms with Crippen LogP contribution in [0.15, 0.2) is 24.3 Å². The van der Waals surface area contributed by atoms with Gasteiger partial charge in [-0.05, 0) is 11.6 Å². The molecule has 90 valence electrons. The lowest BCUT2D eigenvalue weighted by molar-refractivity contribution is 0.268. The minimum Gasteiger partial charge on any atom is -0.314 e. The molecule has 1 aliphatic rings. The molecule has 1 aliphatic heterocycles. The van der Waals surface area contributed by atoms with E-state index in [9.17, 15) is 0 Å². The zero-order valence-corrected chi connectivity index (χ0v) is 10.6. The molecule has 0 amide bonds. The Hall–Kier alpha value is -1.01. The molecule has 3 heteroatoms. The highest BCUT2D eigenvalue weighted by molar-refractivity contribution is 6.31. The van der Waals surface area contributed by atoms with Crippen LogP contribution in [0, 0.1) is 11.8 Å². The summed E-state index contributed by atoms with van der Waals surface area (Å²) < 4.78 is 0. The summed E-state index contributed by atoms with van der Waals surface area (Å²) >= 11 is 6.07. The Morgan fingerprint density at radius 1 is 1.18 bits per heavy atom. The average molecular weight is 249 g/mol. The van der Waals surface area contributed by atoms with Gasteiger partial charge in [-0.25, -0.2) is 0 Å². The van der Waals surface area contributed by atoms with Gasteiger partial charge >= 0.3 is 0 Å². The molecule has 2 rings (SSSR count). The van der Waals surface area contributed by atoms with Crippen molar-refractivity contribution in [3.05, 3.63) is 34.9 Å². The van der Waals surface area contributed by atoms with E-state index in [0.29, 0.717) is 0 Å². The second-order valence-corrected chi connectivity index (χ2v) is 4.56. The maximum absolute atomic E-state index is 6.07. The van der Waals surface area contributed by atoms with Gasteiger partial charge in [0, 0.05) is 37.6 Å². The number of nitrogens with one attached hydrogen (secondary N) is 1. The van der Waals surface area contributed by atoms with Gasteiger partial charge in [-0.2, -0.15) is 0 Å². The highest BCUT2D eigenvalue weighted by Crippen LogP contribution is 2.14. The van der Waals surface area contributed by atoms with Gasteiger partial charge in [0.25, 0.3) is 0 Å². The summed E-state index contributed by atoms with van der Waals surface area (Å²) in [7, 11) is 0. The Labute approximate surface area is 108 Å². The monoisotopic (exact) mass is 248 g/mol. The summed E-state index contributed by atoms with van der Waals surface area (Å²) in [6.45, 7) is 5.21. The van der Waals surface area contributed by atoms with Gasteiger partial charge in [-0.15, -0.1) is 0 Å². The highest BCUT2D eigenvalue weighted by Gasteiger charge is 2.06. The molecule has 0 bridgehead atoms. The summed E-state index contributed by atoms with van der Waals surface area (Å²) in [6, 6.07) is 7.88. The summed E-state index contributed by atoms with van der Waals surface area (Å²) in [4.78, 5) is 2.37. The van der Waals surface area contributed by atoms with Crippen molar-refractivity contribution >= 4 is 11.6 Å². The van der Waals surface area contributed by atoms with Crippen molar-refractivity contribution in [1.29, 1.82) is 0 Å². The van der Waals surface area contributed by atoms with Crippen molar-refractivity contribution in [1.82, 2.24) is 10.2 Å². The van der Waals surface area contributed by atoms with Crippen molar-refractivity contribution in [3.63, 3.8) is 0 Å². The zero-order valence-electron chi connectivity index (χ0n) is 9.88. The first-order valence-electron chi connectivity index (χ1n) is 5.98. The largest absolute Gasteiger partial charge is 0.314 e. The van der Waals surface area contributed by atoms with Gasteiger partial charge in [-0.3, -0.25) is 4.90 Å². The van der Waals surface area contributed by atoms with E-state index in [4.69, 9.17) is 11.6 Å². The number of halogens is 1. The number of hydrogen-bond donors (Lipinski definition) is 1. The molecule has 0 radical (unpaired) electrons. The normalized spacial score (nSPS) is 16.3. The van der Waals surface area contributed by atoms with Crippen molar-refractivity contribution in [2.75, 3.05) is 32.7 Å². The van der Waals surface area contributed by atoms with Crippen LogP contribution < -0.4 is 5.32 Å². The predicted molar refractivity (Wildman–Crippen MR) is 72.2 cm³/mol. The Balaban J connectivity index is 1.80. The van der Waals surface area contributed by atoms with Gasteiger partial charge in [-0.1, -0.05) is 41.6 Å². The average Bonchev–Trinajstić information content (AvgIpc) is 2.38. The summed E-state index contributed by atoms with van der Waals surface area (Å²) in [5.41, 5.74) is 1.11. The van der Waals surface area contributed by atoms with E-state index < -0.39 is 0 Å². The third-order valence-corrected chi connectivity index (χ3v) is 3.24. The lowest BCUT2D eigenvalue weighted by Crippen LogP contribution is -2.43. The van der Waals surface area contributed by atoms with Crippen molar-refractivity contribution < 1.29 is 0 Å². The van der Waals surface area contributed by atoms with Crippen LogP contribution in [-0.4, -0.2) is 37.6 Å². The molecular formula is C14H17ClN2. The summed E-state index contributed by atoms with van der Waals surface area (Å²) in [5, 5.41) is 4.14. The molecular weight excluding hydrogens is 232 g/mol.